The molecular formula is C21H27NO2. The summed E-state index contributed by atoms with van der Waals surface area (Å²) in [6.07, 6.45) is 0.304. The molecule has 128 valence electrons. The highest BCUT2D eigenvalue weighted by Gasteiger charge is 2.24. The summed E-state index contributed by atoms with van der Waals surface area (Å²) in [6.45, 7) is 8.41. The van der Waals surface area contributed by atoms with Crippen molar-refractivity contribution in [1.29, 1.82) is 0 Å². The molecule has 2 rings (SSSR count). The summed E-state index contributed by atoms with van der Waals surface area (Å²) in [5.74, 6) is -0.0792. The molecule has 0 aliphatic heterocycles. The second-order valence-electron chi connectivity index (χ2n) is 6.92. The van der Waals surface area contributed by atoms with E-state index >= 15 is 0 Å². The van der Waals surface area contributed by atoms with Gasteiger partial charge < -0.3 is 10.1 Å². The molecule has 0 aliphatic rings. The maximum absolute atomic E-state index is 12.4. The number of nitrogens with one attached hydrogen (secondary N) is 1. The monoisotopic (exact) mass is 325 g/mol. The van der Waals surface area contributed by atoms with Crippen molar-refractivity contribution in [3.63, 3.8) is 0 Å². The summed E-state index contributed by atoms with van der Waals surface area (Å²) >= 11 is 0. The molecule has 1 amide bonds. The molecule has 1 N–H and O–H groups in total. The van der Waals surface area contributed by atoms with E-state index in [4.69, 9.17) is 4.74 Å². The van der Waals surface area contributed by atoms with Gasteiger partial charge >= 0.3 is 0 Å². The second kappa shape index (κ2) is 8.11. The number of hydrogen-bond acceptors (Lipinski definition) is 2. The zero-order valence-corrected chi connectivity index (χ0v) is 15.0. The van der Waals surface area contributed by atoms with Crippen molar-refractivity contribution in [3.05, 3.63) is 71.3 Å². The maximum atomic E-state index is 12.4. The van der Waals surface area contributed by atoms with Gasteiger partial charge in [0.25, 0.3) is 0 Å². The summed E-state index contributed by atoms with van der Waals surface area (Å²) in [5, 5.41) is 3.10. The van der Waals surface area contributed by atoms with E-state index in [9.17, 15) is 4.79 Å². The van der Waals surface area contributed by atoms with Gasteiger partial charge in [-0.05, 0) is 50.8 Å². The molecule has 1 unspecified atom stereocenters. The molecule has 3 nitrogen and oxygen atoms in total. The Morgan fingerprint density at radius 2 is 1.71 bits per heavy atom. The van der Waals surface area contributed by atoms with Crippen LogP contribution in [0.25, 0.3) is 0 Å². The number of carbonyl (C=O) groups excluding carboxylic acids is 1. The van der Waals surface area contributed by atoms with Gasteiger partial charge in [-0.1, -0.05) is 54.6 Å². The van der Waals surface area contributed by atoms with E-state index in [-0.39, 0.29) is 11.4 Å². The first-order chi connectivity index (χ1) is 11.4. The SMILES string of the molecule is Cc1ccccc1CC(C)(C)NC(=O)C(C)OCc1ccccc1. The number of rotatable bonds is 7. The molecule has 3 heteroatoms. The summed E-state index contributed by atoms with van der Waals surface area (Å²) in [5.41, 5.74) is 3.23. The Morgan fingerprint density at radius 1 is 1.08 bits per heavy atom. The van der Waals surface area contributed by atoms with Gasteiger partial charge in [-0.25, -0.2) is 0 Å². The molecule has 0 bridgehead atoms. The Morgan fingerprint density at radius 3 is 2.38 bits per heavy atom. The third-order valence-corrected chi connectivity index (χ3v) is 4.07. The molecule has 0 radical (unpaired) electrons. The Kier molecular flexibility index (Phi) is 6.16. The number of aryl methyl sites for hydroxylation is 1. The first-order valence-corrected chi connectivity index (χ1v) is 8.39. The third-order valence-electron chi connectivity index (χ3n) is 4.07. The average Bonchev–Trinajstić information content (AvgIpc) is 2.55. The van der Waals surface area contributed by atoms with Crippen molar-refractivity contribution in [1.82, 2.24) is 5.32 Å². The summed E-state index contributed by atoms with van der Waals surface area (Å²) < 4.78 is 5.70. The number of ether oxygens (including phenoxy) is 1. The van der Waals surface area contributed by atoms with Crippen LogP contribution in [-0.2, 0) is 22.6 Å². The zero-order valence-electron chi connectivity index (χ0n) is 15.0. The number of benzene rings is 2. The van der Waals surface area contributed by atoms with Crippen molar-refractivity contribution < 1.29 is 9.53 Å². The minimum absolute atomic E-state index is 0.0792. The molecule has 24 heavy (non-hydrogen) atoms. The van der Waals surface area contributed by atoms with Crippen LogP contribution in [0.4, 0.5) is 0 Å². The number of carbonyl (C=O) groups is 1. The van der Waals surface area contributed by atoms with Gasteiger partial charge in [-0.3, -0.25) is 4.79 Å². The fourth-order valence-corrected chi connectivity index (χ4v) is 2.64. The zero-order chi connectivity index (χ0) is 17.6. The van der Waals surface area contributed by atoms with Gasteiger partial charge in [-0.2, -0.15) is 0 Å². The van der Waals surface area contributed by atoms with E-state index < -0.39 is 6.10 Å². The van der Waals surface area contributed by atoms with Crippen LogP contribution in [0.5, 0.6) is 0 Å². The van der Waals surface area contributed by atoms with Gasteiger partial charge in [0.2, 0.25) is 5.91 Å². The number of amides is 1. The Balaban J connectivity index is 1.88. The molecule has 1 atom stereocenters. The van der Waals surface area contributed by atoms with E-state index in [1.807, 2.05) is 56.3 Å². The Bertz CT molecular complexity index is 665. The lowest BCUT2D eigenvalue weighted by Gasteiger charge is -2.28. The average molecular weight is 325 g/mol. The highest BCUT2D eigenvalue weighted by molar-refractivity contribution is 5.81. The molecule has 0 saturated heterocycles. The fourth-order valence-electron chi connectivity index (χ4n) is 2.64. The Hall–Kier alpha value is -2.13. The van der Waals surface area contributed by atoms with E-state index in [1.54, 1.807) is 6.92 Å². The molecular weight excluding hydrogens is 298 g/mol. The van der Waals surface area contributed by atoms with Crippen LogP contribution in [0.2, 0.25) is 0 Å². The first-order valence-electron chi connectivity index (χ1n) is 8.39. The standard InChI is InChI=1S/C21H27NO2/c1-16-10-8-9-13-19(16)14-21(3,4)22-20(23)17(2)24-15-18-11-6-5-7-12-18/h5-13,17H,14-15H2,1-4H3,(H,22,23). The van der Waals surface area contributed by atoms with Crippen molar-refractivity contribution in [2.24, 2.45) is 0 Å². The second-order valence-corrected chi connectivity index (χ2v) is 6.92. The van der Waals surface area contributed by atoms with Crippen molar-refractivity contribution in [2.75, 3.05) is 0 Å². The molecule has 0 fully saturated rings. The van der Waals surface area contributed by atoms with Crippen LogP contribution in [0.1, 0.15) is 37.5 Å². The van der Waals surface area contributed by atoms with Gasteiger partial charge in [0, 0.05) is 5.54 Å². The van der Waals surface area contributed by atoms with Gasteiger partial charge in [0.05, 0.1) is 6.61 Å². The molecule has 0 aromatic heterocycles. The quantitative estimate of drug-likeness (QED) is 0.834. The van der Waals surface area contributed by atoms with Crippen molar-refractivity contribution >= 4 is 5.91 Å². The topological polar surface area (TPSA) is 38.3 Å². The highest BCUT2D eigenvalue weighted by atomic mass is 16.5. The predicted molar refractivity (Wildman–Crippen MR) is 97.8 cm³/mol. The van der Waals surface area contributed by atoms with Crippen LogP contribution in [0.15, 0.2) is 54.6 Å². The minimum Gasteiger partial charge on any atom is -0.364 e. The lowest BCUT2D eigenvalue weighted by Crippen LogP contribution is -2.49. The van der Waals surface area contributed by atoms with E-state index in [1.165, 1.54) is 11.1 Å². The molecule has 0 heterocycles. The summed E-state index contributed by atoms with van der Waals surface area (Å²) in [4.78, 5) is 12.4. The van der Waals surface area contributed by atoms with Crippen molar-refractivity contribution in [3.8, 4) is 0 Å². The highest BCUT2D eigenvalue weighted by Crippen LogP contribution is 2.16. The molecule has 0 saturated carbocycles. The van der Waals surface area contributed by atoms with Crippen LogP contribution >= 0.6 is 0 Å². The maximum Gasteiger partial charge on any atom is 0.249 e. The van der Waals surface area contributed by atoms with Gasteiger partial charge in [-0.15, -0.1) is 0 Å². The van der Waals surface area contributed by atoms with Gasteiger partial charge in [0.1, 0.15) is 6.10 Å². The molecule has 2 aromatic rings. The largest absolute Gasteiger partial charge is 0.364 e. The lowest BCUT2D eigenvalue weighted by atomic mass is 9.92. The lowest BCUT2D eigenvalue weighted by molar-refractivity contribution is -0.134. The molecule has 0 aliphatic carbocycles. The van der Waals surface area contributed by atoms with Gasteiger partial charge in [0.15, 0.2) is 0 Å². The normalized spacial score (nSPS) is 12.7. The summed E-state index contributed by atoms with van der Waals surface area (Å²) in [6, 6.07) is 18.2. The molecule has 2 aromatic carbocycles. The third kappa shape index (κ3) is 5.50. The summed E-state index contributed by atoms with van der Waals surface area (Å²) in [7, 11) is 0. The van der Waals surface area contributed by atoms with Crippen LogP contribution < -0.4 is 5.32 Å². The minimum atomic E-state index is -0.485. The van der Waals surface area contributed by atoms with Crippen LogP contribution in [0.3, 0.4) is 0 Å². The Labute approximate surface area is 145 Å². The fraction of sp³-hybridized carbons (Fsp3) is 0.381. The van der Waals surface area contributed by atoms with E-state index in [0.717, 1.165) is 12.0 Å². The smallest absolute Gasteiger partial charge is 0.249 e. The van der Waals surface area contributed by atoms with Crippen LogP contribution in [-0.4, -0.2) is 17.6 Å². The van der Waals surface area contributed by atoms with E-state index in [0.29, 0.717) is 6.61 Å². The van der Waals surface area contributed by atoms with E-state index in [2.05, 4.69) is 24.4 Å². The van der Waals surface area contributed by atoms with Crippen molar-refractivity contribution in [2.45, 2.75) is 52.4 Å². The predicted octanol–water partition coefficient (Wildman–Crippen LogP) is 4.04. The van der Waals surface area contributed by atoms with Crippen LogP contribution in [0, 0.1) is 6.92 Å². The molecule has 0 spiro atoms. The first kappa shape index (κ1) is 18.2. The number of hydrogen-bond donors (Lipinski definition) is 1.